The van der Waals surface area contributed by atoms with Crippen LogP contribution in [0.4, 0.5) is 5.82 Å². The third kappa shape index (κ3) is 2.30. The van der Waals surface area contributed by atoms with Gasteiger partial charge in [0, 0.05) is 12.2 Å². The predicted octanol–water partition coefficient (Wildman–Crippen LogP) is 1.38. The monoisotopic (exact) mass is 234 g/mol. The summed E-state index contributed by atoms with van der Waals surface area (Å²) in [5.41, 5.74) is 7.50. The van der Waals surface area contributed by atoms with Crippen LogP contribution in [0.2, 0.25) is 0 Å². The van der Waals surface area contributed by atoms with Gasteiger partial charge in [-0.05, 0) is 26.3 Å². The molecule has 6 heteroatoms. The fraction of sp³-hybridized carbons (Fsp3) is 0.545. The Morgan fingerprint density at radius 1 is 1.47 bits per heavy atom. The second-order valence-electron chi connectivity index (χ2n) is 4.26. The lowest BCUT2D eigenvalue weighted by molar-refractivity contribution is 0.470. The van der Waals surface area contributed by atoms with Gasteiger partial charge >= 0.3 is 0 Å². The molecule has 2 aromatic rings. The summed E-state index contributed by atoms with van der Waals surface area (Å²) >= 11 is 0. The molecule has 2 N–H and O–H groups in total. The number of nitrogen functional groups attached to an aromatic ring is 1. The molecule has 0 spiro atoms. The molecule has 92 valence electrons. The Hall–Kier alpha value is -1.85. The standard InChI is InChI=1S/C11H18N6/c1-4-8(2)16-6-5-10(14-16)7-17-9(3)11(12)13-15-17/h5-6,8H,4,7,12H2,1-3H3. The van der Waals surface area contributed by atoms with Gasteiger partial charge < -0.3 is 5.73 Å². The number of nitrogens with zero attached hydrogens (tertiary/aromatic N) is 5. The molecule has 0 saturated carbocycles. The first-order valence-corrected chi connectivity index (χ1v) is 5.81. The number of hydrogen-bond acceptors (Lipinski definition) is 4. The van der Waals surface area contributed by atoms with E-state index in [1.165, 1.54) is 0 Å². The fourth-order valence-electron chi connectivity index (χ4n) is 1.57. The van der Waals surface area contributed by atoms with Gasteiger partial charge in [-0.2, -0.15) is 5.10 Å². The highest BCUT2D eigenvalue weighted by Crippen LogP contribution is 2.11. The fourth-order valence-corrected chi connectivity index (χ4v) is 1.57. The average molecular weight is 234 g/mol. The molecule has 6 nitrogen and oxygen atoms in total. The smallest absolute Gasteiger partial charge is 0.168 e. The molecule has 0 radical (unpaired) electrons. The maximum atomic E-state index is 5.65. The summed E-state index contributed by atoms with van der Waals surface area (Å²) in [4.78, 5) is 0. The molecule has 17 heavy (non-hydrogen) atoms. The summed E-state index contributed by atoms with van der Waals surface area (Å²) in [5.74, 6) is 0.478. The molecular weight excluding hydrogens is 216 g/mol. The molecule has 0 saturated heterocycles. The first kappa shape index (κ1) is 11.6. The highest BCUT2D eigenvalue weighted by molar-refractivity contribution is 5.31. The maximum Gasteiger partial charge on any atom is 0.168 e. The van der Waals surface area contributed by atoms with Crippen LogP contribution >= 0.6 is 0 Å². The molecule has 0 amide bonds. The largest absolute Gasteiger partial charge is 0.381 e. The van der Waals surface area contributed by atoms with E-state index in [4.69, 9.17) is 5.73 Å². The summed E-state index contributed by atoms with van der Waals surface area (Å²) in [6, 6.07) is 2.43. The van der Waals surface area contributed by atoms with Crippen molar-refractivity contribution in [1.29, 1.82) is 0 Å². The van der Waals surface area contributed by atoms with E-state index in [0.29, 0.717) is 18.4 Å². The van der Waals surface area contributed by atoms with Crippen LogP contribution in [0.25, 0.3) is 0 Å². The zero-order valence-electron chi connectivity index (χ0n) is 10.5. The molecule has 1 atom stereocenters. The quantitative estimate of drug-likeness (QED) is 0.867. The molecule has 0 aliphatic carbocycles. The molecule has 2 heterocycles. The van der Waals surface area contributed by atoms with Gasteiger partial charge in [0.2, 0.25) is 0 Å². The van der Waals surface area contributed by atoms with Crippen molar-refractivity contribution in [2.45, 2.75) is 39.8 Å². The first-order chi connectivity index (χ1) is 8.11. The zero-order valence-corrected chi connectivity index (χ0v) is 10.5. The average Bonchev–Trinajstić information content (AvgIpc) is 2.91. The SMILES string of the molecule is CCC(C)n1ccc(Cn2nnc(N)c2C)n1. The van der Waals surface area contributed by atoms with Crippen LogP contribution in [0.1, 0.15) is 37.7 Å². The van der Waals surface area contributed by atoms with E-state index < -0.39 is 0 Å². The summed E-state index contributed by atoms with van der Waals surface area (Å²) in [5, 5.41) is 12.3. The summed E-state index contributed by atoms with van der Waals surface area (Å²) in [6.07, 6.45) is 3.07. The number of aromatic nitrogens is 5. The van der Waals surface area contributed by atoms with Crippen LogP contribution in [-0.4, -0.2) is 24.8 Å². The first-order valence-electron chi connectivity index (χ1n) is 5.81. The van der Waals surface area contributed by atoms with Gasteiger partial charge in [0.05, 0.1) is 17.9 Å². The van der Waals surface area contributed by atoms with E-state index in [0.717, 1.165) is 17.8 Å². The van der Waals surface area contributed by atoms with Crippen LogP contribution in [-0.2, 0) is 6.54 Å². The molecule has 0 aromatic carbocycles. The minimum absolute atomic E-state index is 0.422. The van der Waals surface area contributed by atoms with E-state index >= 15 is 0 Å². The second kappa shape index (κ2) is 4.57. The van der Waals surface area contributed by atoms with Gasteiger partial charge in [-0.3, -0.25) is 4.68 Å². The van der Waals surface area contributed by atoms with Gasteiger partial charge in [0.15, 0.2) is 5.82 Å². The molecule has 0 fully saturated rings. The van der Waals surface area contributed by atoms with Crippen LogP contribution in [0, 0.1) is 6.92 Å². The van der Waals surface area contributed by atoms with Crippen LogP contribution in [0.5, 0.6) is 0 Å². The van der Waals surface area contributed by atoms with Crippen molar-refractivity contribution >= 4 is 5.82 Å². The van der Waals surface area contributed by atoms with Gasteiger partial charge in [-0.1, -0.05) is 12.1 Å². The summed E-state index contributed by atoms with van der Waals surface area (Å²) < 4.78 is 3.74. The number of hydrogen-bond donors (Lipinski definition) is 1. The van der Waals surface area contributed by atoms with Crippen molar-refractivity contribution in [3.8, 4) is 0 Å². The van der Waals surface area contributed by atoms with Gasteiger partial charge in [-0.25, -0.2) is 4.68 Å². The van der Waals surface area contributed by atoms with Gasteiger partial charge in [-0.15, -0.1) is 5.10 Å². The molecule has 0 aliphatic heterocycles. The van der Waals surface area contributed by atoms with Crippen LogP contribution in [0.15, 0.2) is 12.3 Å². The van der Waals surface area contributed by atoms with Crippen LogP contribution in [0.3, 0.4) is 0 Å². The molecule has 2 aromatic heterocycles. The van der Waals surface area contributed by atoms with Gasteiger partial charge in [0.25, 0.3) is 0 Å². The van der Waals surface area contributed by atoms with Crippen molar-refractivity contribution in [1.82, 2.24) is 24.8 Å². The van der Waals surface area contributed by atoms with Gasteiger partial charge in [0.1, 0.15) is 0 Å². The molecule has 2 rings (SSSR count). The predicted molar refractivity (Wildman–Crippen MR) is 65.5 cm³/mol. The summed E-state index contributed by atoms with van der Waals surface area (Å²) in [6.45, 7) is 6.81. The second-order valence-corrected chi connectivity index (χ2v) is 4.26. The van der Waals surface area contributed by atoms with E-state index in [1.54, 1.807) is 4.68 Å². The third-order valence-electron chi connectivity index (χ3n) is 3.04. The zero-order chi connectivity index (χ0) is 12.4. The molecule has 0 aliphatic rings. The Morgan fingerprint density at radius 2 is 2.24 bits per heavy atom. The maximum absolute atomic E-state index is 5.65. The molecule has 0 bridgehead atoms. The van der Waals surface area contributed by atoms with Crippen molar-refractivity contribution in [2.24, 2.45) is 0 Å². The lowest BCUT2D eigenvalue weighted by Gasteiger charge is -2.08. The Morgan fingerprint density at radius 3 is 2.82 bits per heavy atom. The normalized spacial score (nSPS) is 12.9. The van der Waals surface area contributed by atoms with E-state index in [-0.39, 0.29) is 0 Å². The Kier molecular flexibility index (Phi) is 3.12. The van der Waals surface area contributed by atoms with E-state index in [9.17, 15) is 0 Å². The van der Waals surface area contributed by atoms with Crippen molar-refractivity contribution in [3.05, 3.63) is 23.7 Å². The molecule has 1 unspecified atom stereocenters. The molecular formula is C11H18N6. The minimum atomic E-state index is 0.422. The van der Waals surface area contributed by atoms with E-state index in [2.05, 4.69) is 29.3 Å². The van der Waals surface area contributed by atoms with E-state index in [1.807, 2.05) is 23.9 Å². The highest BCUT2D eigenvalue weighted by Gasteiger charge is 2.08. The Balaban J connectivity index is 2.14. The number of rotatable bonds is 4. The van der Waals surface area contributed by atoms with Crippen LogP contribution < -0.4 is 5.73 Å². The third-order valence-corrected chi connectivity index (χ3v) is 3.04. The highest BCUT2D eigenvalue weighted by atomic mass is 15.4. The Bertz CT molecular complexity index is 498. The topological polar surface area (TPSA) is 74.5 Å². The van der Waals surface area contributed by atoms with Crippen molar-refractivity contribution < 1.29 is 0 Å². The summed E-state index contributed by atoms with van der Waals surface area (Å²) in [7, 11) is 0. The lowest BCUT2D eigenvalue weighted by Crippen LogP contribution is -2.08. The Labute approximate surface area is 100 Å². The minimum Gasteiger partial charge on any atom is -0.381 e. The van der Waals surface area contributed by atoms with Crippen molar-refractivity contribution in [2.75, 3.05) is 5.73 Å². The van der Waals surface area contributed by atoms with Crippen molar-refractivity contribution in [3.63, 3.8) is 0 Å². The number of anilines is 1. The lowest BCUT2D eigenvalue weighted by atomic mass is 10.3. The number of nitrogens with two attached hydrogens (primary N) is 1.